The maximum Gasteiger partial charge on any atom is 0.251 e. The third-order valence-corrected chi connectivity index (χ3v) is 4.49. The number of hydrogen-bond donors (Lipinski definition) is 2. The zero-order chi connectivity index (χ0) is 13.2. The van der Waals surface area contributed by atoms with E-state index in [1.54, 1.807) is 11.3 Å². The number of H-pyrrole nitrogens is 1. The van der Waals surface area contributed by atoms with Crippen LogP contribution in [-0.4, -0.2) is 10.9 Å². The summed E-state index contributed by atoms with van der Waals surface area (Å²) in [5.41, 5.74) is 1.72. The van der Waals surface area contributed by atoms with Crippen LogP contribution in [0.1, 0.15) is 15.2 Å². The van der Waals surface area contributed by atoms with Crippen LogP contribution in [0.25, 0.3) is 10.9 Å². The number of thiophene rings is 1. The van der Waals surface area contributed by atoms with Crippen molar-refractivity contribution in [1.29, 1.82) is 0 Å². The molecule has 0 spiro atoms. The van der Waals surface area contributed by atoms with E-state index in [4.69, 9.17) is 0 Å². The number of carbonyl (C=O) groups excluding carboxylic acids is 1. The van der Waals surface area contributed by atoms with Crippen LogP contribution in [0.5, 0.6) is 0 Å². The van der Waals surface area contributed by atoms with Gasteiger partial charge in [-0.2, -0.15) is 0 Å². The highest BCUT2D eigenvalue weighted by molar-refractivity contribution is 9.11. The van der Waals surface area contributed by atoms with Gasteiger partial charge in [-0.3, -0.25) is 4.79 Å². The molecule has 2 heterocycles. The van der Waals surface area contributed by atoms with Crippen LogP contribution in [0.15, 0.2) is 46.4 Å². The van der Waals surface area contributed by atoms with Crippen LogP contribution in [0.4, 0.5) is 0 Å². The first-order valence-corrected chi connectivity index (χ1v) is 7.43. The molecule has 0 fully saturated rings. The maximum atomic E-state index is 12.1. The molecule has 1 amide bonds. The number of hydrogen-bond acceptors (Lipinski definition) is 2. The lowest BCUT2D eigenvalue weighted by molar-refractivity contribution is 0.0951. The van der Waals surface area contributed by atoms with Crippen LogP contribution in [0.2, 0.25) is 0 Å². The standard InChI is InChI=1S/C14H11BrN2OS/c15-13-4-2-11(19-13)8-17-14(18)10-1-3-12-9(7-10)5-6-16-12/h1-7,16H,8H2,(H,17,18). The van der Waals surface area contributed by atoms with Gasteiger partial charge in [0.05, 0.1) is 10.3 Å². The van der Waals surface area contributed by atoms with E-state index < -0.39 is 0 Å². The summed E-state index contributed by atoms with van der Waals surface area (Å²) < 4.78 is 1.07. The molecule has 2 aromatic heterocycles. The number of aromatic amines is 1. The molecule has 0 radical (unpaired) electrons. The third-order valence-electron chi connectivity index (χ3n) is 2.87. The normalized spacial score (nSPS) is 10.8. The number of benzene rings is 1. The molecule has 0 unspecified atom stereocenters. The molecular weight excluding hydrogens is 324 g/mol. The molecule has 0 bridgehead atoms. The van der Waals surface area contributed by atoms with Gasteiger partial charge < -0.3 is 10.3 Å². The zero-order valence-electron chi connectivity index (χ0n) is 9.94. The summed E-state index contributed by atoms with van der Waals surface area (Å²) in [6, 6.07) is 11.6. The average Bonchev–Trinajstić information content (AvgIpc) is 3.03. The van der Waals surface area contributed by atoms with E-state index in [-0.39, 0.29) is 5.91 Å². The second-order valence-corrected chi connectivity index (χ2v) is 6.72. The monoisotopic (exact) mass is 334 g/mol. The van der Waals surface area contributed by atoms with Crippen molar-refractivity contribution in [2.45, 2.75) is 6.54 Å². The van der Waals surface area contributed by atoms with Crippen LogP contribution in [0.3, 0.4) is 0 Å². The lowest BCUT2D eigenvalue weighted by atomic mass is 10.1. The Morgan fingerprint density at radius 1 is 1.26 bits per heavy atom. The molecule has 3 aromatic rings. The fourth-order valence-corrected chi connectivity index (χ4v) is 3.33. The van der Waals surface area contributed by atoms with Crippen molar-refractivity contribution >= 4 is 44.1 Å². The highest BCUT2D eigenvalue weighted by Crippen LogP contribution is 2.22. The number of carbonyl (C=O) groups is 1. The van der Waals surface area contributed by atoms with Crippen molar-refractivity contribution in [3.63, 3.8) is 0 Å². The summed E-state index contributed by atoms with van der Waals surface area (Å²) in [5.74, 6) is -0.0485. The predicted molar refractivity (Wildman–Crippen MR) is 81.5 cm³/mol. The molecule has 1 aromatic carbocycles. The van der Waals surface area contributed by atoms with Crippen molar-refractivity contribution in [2.24, 2.45) is 0 Å². The predicted octanol–water partition coefficient (Wildman–Crippen LogP) is 3.92. The second kappa shape index (κ2) is 5.19. The van der Waals surface area contributed by atoms with E-state index in [1.807, 2.05) is 42.6 Å². The van der Waals surface area contributed by atoms with Gasteiger partial charge in [0.1, 0.15) is 0 Å². The van der Waals surface area contributed by atoms with E-state index in [2.05, 4.69) is 26.2 Å². The van der Waals surface area contributed by atoms with Crippen molar-refractivity contribution in [3.05, 3.63) is 56.8 Å². The largest absolute Gasteiger partial charge is 0.361 e. The summed E-state index contributed by atoms with van der Waals surface area (Å²) in [6.45, 7) is 0.556. The van der Waals surface area contributed by atoms with Gasteiger partial charge in [0, 0.05) is 27.5 Å². The Morgan fingerprint density at radius 3 is 2.95 bits per heavy atom. The summed E-state index contributed by atoms with van der Waals surface area (Å²) in [4.78, 5) is 16.3. The molecule has 19 heavy (non-hydrogen) atoms. The molecule has 5 heteroatoms. The molecule has 0 saturated carbocycles. The molecule has 3 nitrogen and oxygen atoms in total. The summed E-state index contributed by atoms with van der Waals surface area (Å²) in [6.07, 6.45) is 1.87. The maximum absolute atomic E-state index is 12.1. The highest BCUT2D eigenvalue weighted by atomic mass is 79.9. The first-order chi connectivity index (χ1) is 9.22. The van der Waals surface area contributed by atoms with E-state index in [1.165, 1.54) is 0 Å². The van der Waals surface area contributed by atoms with E-state index in [9.17, 15) is 4.79 Å². The van der Waals surface area contributed by atoms with Gasteiger partial charge in [-0.25, -0.2) is 0 Å². The van der Waals surface area contributed by atoms with Gasteiger partial charge in [0.15, 0.2) is 0 Å². The summed E-state index contributed by atoms with van der Waals surface area (Å²) in [5, 5.41) is 3.97. The Labute approximate surface area is 122 Å². The minimum Gasteiger partial charge on any atom is -0.361 e. The van der Waals surface area contributed by atoms with Gasteiger partial charge in [0.25, 0.3) is 5.91 Å². The van der Waals surface area contributed by atoms with Gasteiger partial charge in [-0.15, -0.1) is 11.3 Å². The first-order valence-electron chi connectivity index (χ1n) is 5.82. The number of aromatic nitrogens is 1. The molecule has 2 N–H and O–H groups in total. The molecule has 0 aliphatic heterocycles. The Balaban J connectivity index is 1.72. The molecule has 0 atom stereocenters. The smallest absolute Gasteiger partial charge is 0.251 e. The lowest BCUT2D eigenvalue weighted by Gasteiger charge is -2.03. The lowest BCUT2D eigenvalue weighted by Crippen LogP contribution is -2.22. The minimum atomic E-state index is -0.0485. The quantitative estimate of drug-likeness (QED) is 0.749. The zero-order valence-corrected chi connectivity index (χ0v) is 12.3. The SMILES string of the molecule is O=C(NCc1ccc(Br)s1)c1ccc2[nH]ccc2c1. The Morgan fingerprint density at radius 2 is 2.16 bits per heavy atom. The van der Waals surface area contributed by atoms with Gasteiger partial charge in [-0.05, 0) is 52.3 Å². The highest BCUT2D eigenvalue weighted by Gasteiger charge is 2.07. The molecule has 0 saturated heterocycles. The molecule has 96 valence electrons. The van der Waals surface area contributed by atoms with Crippen LogP contribution in [0, 0.1) is 0 Å². The van der Waals surface area contributed by atoms with Crippen molar-refractivity contribution in [2.75, 3.05) is 0 Å². The Kier molecular flexibility index (Phi) is 3.40. The van der Waals surface area contributed by atoms with Crippen LogP contribution < -0.4 is 5.32 Å². The number of amides is 1. The molecular formula is C14H11BrN2OS. The van der Waals surface area contributed by atoms with Crippen LogP contribution in [-0.2, 0) is 6.54 Å². The minimum absolute atomic E-state index is 0.0485. The number of halogens is 1. The van der Waals surface area contributed by atoms with Gasteiger partial charge in [-0.1, -0.05) is 0 Å². The fourth-order valence-electron chi connectivity index (χ4n) is 1.91. The van der Waals surface area contributed by atoms with Crippen molar-refractivity contribution in [1.82, 2.24) is 10.3 Å². The molecule has 3 rings (SSSR count). The third kappa shape index (κ3) is 2.72. The van der Waals surface area contributed by atoms with E-state index >= 15 is 0 Å². The van der Waals surface area contributed by atoms with Crippen molar-refractivity contribution < 1.29 is 4.79 Å². The van der Waals surface area contributed by atoms with Gasteiger partial charge >= 0.3 is 0 Å². The summed E-state index contributed by atoms with van der Waals surface area (Å²) in [7, 11) is 0. The number of nitrogens with one attached hydrogen (secondary N) is 2. The summed E-state index contributed by atoms with van der Waals surface area (Å²) >= 11 is 5.03. The first kappa shape index (κ1) is 12.4. The Hall–Kier alpha value is -1.59. The number of fused-ring (bicyclic) bond motifs is 1. The molecule has 0 aliphatic rings. The topological polar surface area (TPSA) is 44.9 Å². The van der Waals surface area contributed by atoms with E-state index in [0.29, 0.717) is 12.1 Å². The fraction of sp³-hybridized carbons (Fsp3) is 0.0714. The second-order valence-electron chi connectivity index (χ2n) is 4.17. The Bertz CT molecular complexity index is 732. The van der Waals surface area contributed by atoms with Crippen LogP contribution >= 0.6 is 27.3 Å². The molecule has 0 aliphatic carbocycles. The van der Waals surface area contributed by atoms with E-state index in [0.717, 1.165) is 19.6 Å². The number of rotatable bonds is 3. The average molecular weight is 335 g/mol. The van der Waals surface area contributed by atoms with Crippen molar-refractivity contribution in [3.8, 4) is 0 Å². The van der Waals surface area contributed by atoms with Gasteiger partial charge in [0.2, 0.25) is 0 Å².